The van der Waals surface area contributed by atoms with Gasteiger partial charge in [-0.3, -0.25) is 9.59 Å². The average molecular weight is 405 g/mol. The summed E-state index contributed by atoms with van der Waals surface area (Å²) in [4.78, 5) is 26.1. The first kappa shape index (κ1) is 21.4. The number of likely N-dealkylation sites (N-methyl/N-ethyl adjacent to an activating group) is 1. The Hall–Kier alpha value is -3.26. The van der Waals surface area contributed by atoms with Crippen LogP contribution in [0.5, 0.6) is 5.75 Å². The number of nitrogens with zero attached hydrogens (tertiary/aromatic N) is 1. The minimum absolute atomic E-state index is 0.00997. The molecule has 1 saturated carbocycles. The van der Waals surface area contributed by atoms with Gasteiger partial charge in [-0.05, 0) is 68.0 Å². The number of carbonyl (C=O) groups excluding carboxylic acids is 2. The molecule has 0 atom stereocenters. The number of ether oxygens (including phenoxy) is 1. The van der Waals surface area contributed by atoms with Gasteiger partial charge < -0.3 is 15.0 Å². The summed E-state index contributed by atoms with van der Waals surface area (Å²) in [5, 5.41) is 2.77. The number of carbonyl (C=O) groups is 2. The summed E-state index contributed by atoms with van der Waals surface area (Å²) in [7, 11) is 1.64. The fraction of sp³-hybridized carbons (Fsp3) is 0.360. The van der Waals surface area contributed by atoms with Gasteiger partial charge in [-0.2, -0.15) is 0 Å². The van der Waals surface area contributed by atoms with Crippen molar-refractivity contribution in [3.63, 3.8) is 0 Å². The third kappa shape index (κ3) is 6.38. The number of aryl methyl sites for hydroxylation is 1. The highest BCUT2D eigenvalue weighted by Crippen LogP contribution is 2.25. The first-order valence-electron chi connectivity index (χ1n) is 10.4. The van der Waals surface area contributed by atoms with Crippen LogP contribution in [0.1, 0.15) is 43.2 Å². The van der Waals surface area contributed by atoms with E-state index in [1.165, 1.54) is 17.7 Å². The van der Waals surface area contributed by atoms with Gasteiger partial charge in [-0.15, -0.1) is 6.42 Å². The van der Waals surface area contributed by atoms with Crippen molar-refractivity contribution in [2.75, 3.05) is 18.9 Å². The number of anilines is 1. The van der Waals surface area contributed by atoms with Gasteiger partial charge in [-0.25, -0.2) is 0 Å². The van der Waals surface area contributed by atoms with Crippen LogP contribution in [-0.2, 0) is 16.0 Å². The van der Waals surface area contributed by atoms with Crippen molar-refractivity contribution < 1.29 is 14.3 Å². The summed E-state index contributed by atoms with van der Waals surface area (Å²) in [5.41, 5.74) is 2.37. The molecule has 1 fully saturated rings. The molecule has 156 valence electrons. The van der Waals surface area contributed by atoms with Gasteiger partial charge in [0.05, 0.1) is 12.6 Å². The summed E-state index contributed by atoms with van der Waals surface area (Å²) in [6, 6.07) is 15.0. The van der Waals surface area contributed by atoms with Crippen LogP contribution in [0.25, 0.3) is 0 Å². The van der Waals surface area contributed by atoms with Crippen LogP contribution in [0, 0.1) is 12.3 Å². The van der Waals surface area contributed by atoms with Crippen molar-refractivity contribution in [1.82, 2.24) is 4.90 Å². The molecule has 1 aliphatic rings. The smallest absolute Gasteiger partial charge is 0.243 e. The Balaban J connectivity index is 1.46. The van der Waals surface area contributed by atoms with Crippen LogP contribution in [0.2, 0.25) is 0 Å². The van der Waals surface area contributed by atoms with E-state index in [9.17, 15) is 9.59 Å². The lowest BCUT2D eigenvalue weighted by Gasteiger charge is -2.17. The van der Waals surface area contributed by atoms with Gasteiger partial charge in [-0.1, -0.05) is 24.1 Å². The van der Waals surface area contributed by atoms with Crippen molar-refractivity contribution >= 4 is 17.5 Å². The van der Waals surface area contributed by atoms with E-state index < -0.39 is 0 Å². The molecular weight excluding hydrogens is 376 g/mol. The lowest BCUT2D eigenvalue weighted by atomic mass is 10.1. The maximum Gasteiger partial charge on any atom is 0.243 e. The van der Waals surface area contributed by atoms with Crippen LogP contribution >= 0.6 is 0 Å². The number of amides is 2. The Morgan fingerprint density at radius 2 is 1.93 bits per heavy atom. The second-order valence-corrected chi connectivity index (χ2v) is 7.69. The molecule has 5 heteroatoms. The third-order valence-corrected chi connectivity index (χ3v) is 5.25. The lowest BCUT2D eigenvalue weighted by molar-refractivity contribution is -0.133. The summed E-state index contributed by atoms with van der Waals surface area (Å²) in [6.45, 7) is -0.00997. The van der Waals surface area contributed by atoms with Crippen molar-refractivity contribution in [3.05, 3.63) is 59.7 Å². The predicted molar refractivity (Wildman–Crippen MR) is 118 cm³/mol. The molecule has 5 nitrogen and oxygen atoms in total. The third-order valence-electron chi connectivity index (χ3n) is 5.25. The van der Waals surface area contributed by atoms with E-state index in [-0.39, 0.29) is 18.4 Å². The average Bonchev–Trinajstić information content (AvgIpc) is 3.25. The number of benzene rings is 2. The number of terminal acetylenes is 1. The van der Waals surface area contributed by atoms with Crippen LogP contribution in [0.4, 0.5) is 5.69 Å². The second kappa shape index (κ2) is 10.5. The molecule has 0 radical (unpaired) electrons. The van der Waals surface area contributed by atoms with E-state index in [0.29, 0.717) is 30.2 Å². The molecule has 30 heavy (non-hydrogen) atoms. The summed E-state index contributed by atoms with van der Waals surface area (Å²) >= 11 is 0. The second-order valence-electron chi connectivity index (χ2n) is 7.69. The Bertz CT molecular complexity index is 926. The molecule has 1 N–H and O–H groups in total. The maximum atomic E-state index is 12.5. The molecule has 0 aromatic heterocycles. The SMILES string of the molecule is C#Cc1cccc(NC(=O)CN(C)C(=O)CCc2cccc(OC3CCCC3)c2)c1. The quantitative estimate of drug-likeness (QED) is 0.676. The Labute approximate surface area is 178 Å². The van der Waals surface area contributed by atoms with E-state index in [0.717, 1.165) is 24.2 Å². The summed E-state index contributed by atoms with van der Waals surface area (Å²) < 4.78 is 6.04. The van der Waals surface area contributed by atoms with E-state index >= 15 is 0 Å². The molecule has 2 aromatic rings. The van der Waals surface area contributed by atoms with Crippen LogP contribution < -0.4 is 10.1 Å². The molecule has 0 saturated heterocycles. The monoisotopic (exact) mass is 404 g/mol. The van der Waals surface area contributed by atoms with Crippen molar-refractivity contribution in [3.8, 4) is 18.1 Å². The van der Waals surface area contributed by atoms with E-state index in [1.54, 1.807) is 31.3 Å². The molecule has 0 aliphatic heterocycles. The highest BCUT2D eigenvalue weighted by Gasteiger charge is 2.17. The van der Waals surface area contributed by atoms with Gasteiger partial charge >= 0.3 is 0 Å². The molecule has 2 aromatic carbocycles. The standard InChI is InChI=1S/C25H28N2O3/c1-3-19-8-6-10-21(16-19)26-24(28)18-27(2)25(29)15-14-20-9-7-13-23(17-20)30-22-11-4-5-12-22/h1,6-10,13,16-17,22H,4-5,11-12,14-15,18H2,2H3,(H,26,28). The predicted octanol–water partition coefficient (Wildman–Crippen LogP) is 4.02. The highest BCUT2D eigenvalue weighted by molar-refractivity contribution is 5.94. The van der Waals surface area contributed by atoms with Gasteiger partial charge in [0, 0.05) is 24.7 Å². The normalized spacial score (nSPS) is 13.5. The minimum Gasteiger partial charge on any atom is -0.490 e. The first-order valence-corrected chi connectivity index (χ1v) is 10.4. The van der Waals surface area contributed by atoms with Gasteiger partial charge in [0.2, 0.25) is 11.8 Å². The topological polar surface area (TPSA) is 58.6 Å². The zero-order chi connectivity index (χ0) is 21.3. The van der Waals surface area contributed by atoms with Gasteiger partial charge in [0.15, 0.2) is 0 Å². The van der Waals surface area contributed by atoms with Gasteiger partial charge in [0.25, 0.3) is 0 Å². The number of hydrogen-bond donors (Lipinski definition) is 1. The molecule has 0 spiro atoms. The maximum absolute atomic E-state index is 12.5. The van der Waals surface area contributed by atoms with Crippen molar-refractivity contribution in [1.29, 1.82) is 0 Å². The molecule has 2 amide bonds. The van der Waals surface area contributed by atoms with Crippen LogP contribution in [0.15, 0.2) is 48.5 Å². The zero-order valence-corrected chi connectivity index (χ0v) is 17.4. The van der Waals surface area contributed by atoms with E-state index in [1.807, 2.05) is 24.3 Å². The summed E-state index contributed by atoms with van der Waals surface area (Å²) in [5.74, 6) is 3.06. The molecule has 0 heterocycles. The summed E-state index contributed by atoms with van der Waals surface area (Å²) in [6.07, 6.45) is 11.3. The number of rotatable bonds is 8. The number of hydrogen-bond acceptors (Lipinski definition) is 3. The van der Waals surface area contributed by atoms with Crippen LogP contribution in [0.3, 0.4) is 0 Å². The molecule has 3 rings (SSSR count). The van der Waals surface area contributed by atoms with E-state index in [4.69, 9.17) is 11.2 Å². The minimum atomic E-state index is -0.257. The van der Waals surface area contributed by atoms with E-state index in [2.05, 4.69) is 11.2 Å². The Kier molecular flexibility index (Phi) is 7.51. The molecular formula is C25H28N2O3. The Morgan fingerprint density at radius 3 is 2.70 bits per heavy atom. The Morgan fingerprint density at radius 1 is 1.17 bits per heavy atom. The lowest BCUT2D eigenvalue weighted by Crippen LogP contribution is -2.35. The van der Waals surface area contributed by atoms with Crippen LogP contribution in [-0.4, -0.2) is 36.4 Å². The largest absolute Gasteiger partial charge is 0.490 e. The van der Waals surface area contributed by atoms with Crippen molar-refractivity contribution in [2.45, 2.75) is 44.6 Å². The fourth-order valence-corrected chi connectivity index (χ4v) is 3.61. The molecule has 1 aliphatic carbocycles. The van der Waals surface area contributed by atoms with Gasteiger partial charge in [0.1, 0.15) is 5.75 Å². The fourth-order valence-electron chi connectivity index (χ4n) is 3.61. The highest BCUT2D eigenvalue weighted by atomic mass is 16.5. The van der Waals surface area contributed by atoms with Crippen molar-refractivity contribution in [2.24, 2.45) is 0 Å². The molecule has 0 bridgehead atoms. The molecule has 0 unspecified atom stereocenters. The zero-order valence-electron chi connectivity index (χ0n) is 17.4. The first-order chi connectivity index (χ1) is 14.5. The number of nitrogens with one attached hydrogen (secondary N) is 1.